The number of carboxylic acid groups (broad SMARTS) is 1. The Morgan fingerprint density at radius 3 is 2.45 bits per heavy atom. The highest BCUT2D eigenvalue weighted by Gasteiger charge is 2.10. The van der Waals surface area contributed by atoms with Crippen LogP contribution in [-0.2, 0) is 4.94 Å². The Balaban J connectivity index is 3.89. The van der Waals surface area contributed by atoms with Gasteiger partial charge in [-0.2, -0.15) is 0 Å². The Bertz CT molecular complexity index is 163. The summed E-state index contributed by atoms with van der Waals surface area (Å²) in [6, 6.07) is 0. The largest absolute Gasteiger partial charge is 0.462 e. The molecule has 0 bridgehead atoms. The van der Waals surface area contributed by atoms with Crippen LogP contribution in [-0.4, -0.2) is 22.3 Å². The number of nitrogens with two attached hydrogens (primary N) is 3. The summed E-state index contributed by atoms with van der Waals surface area (Å²) in [6.45, 7) is 0. The van der Waals surface area contributed by atoms with E-state index in [4.69, 9.17) is 16.6 Å². The van der Waals surface area contributed by atoms with Crippen molar-refractivity contribution in [2.75, 3.05) is 0 Å². The van der Waals surface area contributed by atoms with Crippen LogP contribution in [0, 0.1) is 0 Å². The summed E-state index contributed by atoms with van der Waals surface area (Å²) in [5.41, 5.74) is 11.3. The van der Waals surface area contributed by atoms with Crippen molar-refractivity contribution in [3.05, 3.63) is 0 Å². The first-order chi connectivity index (χ1) is 5.07. The predicted octanol–water partition coefficient (Wildman–Crippen LogP) is -2.54. The summed E-state index contributed by atoms with van der Waals surface area (Å²) in [5.74, 6) is 4.25. The van der Waals surface area contributed by atoms with E-state index in [2.05, 4.69) is 15.9 Å². The van der Waals surface area contributed by atoms with Crippen LogP contribution in [0.4, 0.5) is 4.79 Å². The first-order valence-electron chi connectivity index (χ1n) is 2.33. The summed E-state index contributed by atoms with van der Waals surface area (Å²) in [5, 5.41) is 11.2. The second-order valence-electron chi connectivity index (χ2n) is 1.30. The fraction of sp³-hybridized carbons (Fsp3) is 0. The highest BCUT2D eigenvalue weighted by atomic mass is 16.8. The topological polar surface area (TPSA) is 152 Å². The van der Waals surface area contributed by atoms with Crippen LogP contribution in [0.1, 0.15) is 0 Å². The van der Waals surface area contributed by atoms with Gasteiger partial charge in [0.25, 0.3) is 0 Å². The van der Waals surface area contributed by atoms with Gasteiger partial charge in [0.2, 0.25) is 5.96 Å². The fourth-order valence-corrected chi connectivity index (χ4v) is 0.202. The van der Waals surface area contributed by atoms with E-state index in [1.54, 1.807) is 5.53 Å². The zero-order valence-electron chi connectivity index (χ0n) is 5.39. The van der Waals surface area contributed by atoms with E-state index in [1.165, 1.54) is 0 Å². The summed E-state index contributed by atoms with van der Waals surface area (Å²) < 4.78 is 0. The van der Waals surface area contributed by atoms with Gasteiger partial charge in [0, 0.05) is 0 Å². The van der Waals surface area contributed by atoms with Crippen molar-refractivity contribution in [2.24, 2.45) is 22.5 Å². The number of nitrogens with one attached hydrogen (secondary N) is 1. The second-order valence-corrected chi connectivity index (χ2v) is 1.30. The van der Waals surface area contributed by atoms with Crippen molar-refractivity contribution < 1.29 is 14.8 Å². The first kappa shape index (κ1) is 9.26. The third-order valence-corrected chi connectivity index (χ3v) is 0.519. The SMILES string of the molecule is NNN(ON=C(N)N)C(=O)O. The molecule has 0 unspecified atom stereocenters. The van der Waals surface area contributed by atoms with Gasteiger partial charge in [-0.05, 0) is 10.3 Å². The molecule has 0 rings (SSSR count). The summed E-state index contributed by atoms with van der Waals surface area (Å²) in [7, 11) is 0. The first-order valence-corrected chi connectivity index (χ1v) is 2.33. The van der Waals surface area contributed by atoms with Crippen LogP contribution < -0.4 is 22.8 Å². The molecule has 64 valence electrons. The number of hydrogen-bond donors (Lipinski definition) is 5. The molecule has 0 aliphatic rings. The number of rotatable bonds is 3. The van der Waals surface area contributed by atoms with Gasteiger partial charge in [-0.1, -0.05) is 0 Å². The Kier molecular flexibility index (Phi) is 3.48. The van der Waals surface area contributed by atoms with Crippen LogP contribution in [0.15, 0.2) is 5.16 Å². The maximum atomic E-state index is 10.1. The molecule has 0 radical (unpaired) electrons. The van der Waals surface area contributed by atoms with Crippen molar-refractivity contribution in [3.63, 3.8) is 0 Å². The third-order valence-electron chi connectivity index (χ3n) is 0.519. The predicted molar refractivity (Wildman–Crippen MR) is 34.1 cm³/mol. The molecule has 1 amide bonds. The minimum absolute atomic E-state index is 0.111. The number of amides is 1. The number of oxime groups is 1. The molecule has 0 saturated heterocycles. The quantitative estimate of drug-likeness (QED) is 0.133. The molecular weight excluding hydrogens is 156 g/mol. The number of guanidine groups is 1. The van der Waals surface area contributed by atoms with Gasteiger partial charge < -0.3 is 16.6 Å². The molecule has 0 fully saturated rings. The molecule has 0 atom stereocenters. The van der Waals surface area contributed by atoms with Crippen molar-refractivity contribution in [2.45, 2.75) is 0 Å². The molecule has 0 aromatic rings. The molecule has 0 aromatic carbocycles. The number of hydrazine groups is 2. The Labute approximate surface area is 61.2 Å². The van der Waals surface area contributed by atoms with Crippen LogP contribution >= 0.6 is 0 Å². The Morgan fingerprint density at radius 1 is 1.64 bits per heavy atom. The second kappa shape index (κ2) is 4.14. The highest BCUT2D eigenvalue weighted by Crippen LogP contribution is 1.83. The van der Waals surface area contributed by atoms with Gasteiger partial charge in [0.15, 0.2) is 0 Å². The highest BCUT2D eigenvalue weighted by molar-refractivity contribution is 5.75. The molecule has 0 spiro atoms. The van der Waals surface area contributed by atoms with Crippen molar-refractivity contribution in [1.82, 2.24) is 10.7 Å². The van der Waals surface area contributed by atoms with Gasteiger partial charge in [-0.3, -0.25) is 5.84 Å². The van der Waals surface area contributed by atoms with Gasteiger partial charge in [0.1, 0.15) is 0 Å². The Hall–Kier alpha value is -1.74. The average molecular weight is 164 g/mol. The number of nitrogens with zero attached hydrogens (tertiary/aromatic N) is 2. The molecule has 9 nitrogen and oxygen atoms in total. The summed E-state index contributed by atoms with van der Waals surface area (Å²) >= 11 is 0. The number of hydrogen-bond acceptors (Lipinski definition) is 5. The lowest BCUT2D eigenvalue weighted by atomic mass is 11.1. The van der Waals surface area contributed by atoms with Gasteiger partial charge in [-0.25, -0.2) is 9.73 Å². The van der Waals surface area contributed by atoms with Gasteiger partial charge in [0.05, 0.1) is 0 Å². The minimum atomic E-state index is -1.49. The molecule has 0 heterocycles. The molecular formula is C2H8N6O3. The lowest BCUT2D eigenvalue weighted by Crippen LogP contribution is -2.45. The molecule has 8 N–H and O–H groups in total. The molecule has 0 aliphatic heterocycles. The van der Waals surface area contributed by atoms with E-state index in [0.717, 1.165) is 0 Å². The van der Waals surface area contributed by atoms with E-state index in [0.29, 0.717) is 0 Å². The molecule has 0 aliphatic carbocycles. The van der Waals surface area contributed by atoms with E-state index >= 15 is 0 Å². The van der Waals surface area contributed by atoms with E-state index in [9.17, 15) is 4.79 Å². The minimum Gasteiger partial charge on any atom is -0.462 e. The molecule has 11 heavy (non-hydrogen) atoms. The zero-order chi connectivity index (χ0) is 8.85. The average Bonchev–Trinajstić information content (AvgIpc) is 1.87. The third kappa shape index (κ3) is 3.77. The van der Waals surface area contributed by atoms with Crippen LogP contribution in [0.25, 0.3) is 0 Å². The monoisotopic (exact) mass is 164 g/mol. The van der Waals surface area contributed by atoms with Crippen LogP contribution in [0.5, 0.6) is 0 Å². The molecule has 0 saturated carbocycles. The van der Waals surface area contributed by atoms with Crippen LogP contribution in [0.2, 0.25) is 0 Å². The number of carbonyl (C=O) groups is 1. The van der Waals surface area contributed by atoms with Crippen molar-refractivity contribution >= 4 is 12.1 Å². The van der Waals surface area contributed by atoms with Crippen molar-refractivity contribution in [1.29, 1.82) is 0 Å². The van der Waals surface area contributed by atoms with E-state index in [1.807, 2.05) is 0 Å². The summed E-state index contributed by atoms with van der Waals surface area (Å²) in [6.07, 6.45) is -1.49. The Morgan fingerprint density at radius 2 is 2.18 bits per heavy atom. The normalized spacial score (nSPS) is 8.45. The smallest absolute Gasteiger partial charge is 0.459 e. The van der Waals surface area contributed by atoms with E-state index < -0.39 is 12.1 Å². The molecule has 9 heteroatoms. The van der Waals surface area contributed by atoms with Gasteiger partial charge in [-0.15, -0.1) is 5.53 Å². The zero-order valence-corrected chi connectivity index (χ0v) is 5.39. The van der Waals surface area contributed by atoms with Gasteiger partial charge >= 0.3 is 6.09 Å². The maximum absolute atomic E-state index is 10.1. The lowest BCUT2D eigenvalue weighted by Gasteiger charge is -2.10. The maximum Gasteiger partial charge on any atom is 0.459 e. The van der Waals surface area contributed by atoms with E-state index in [-0.39, 0.29) is 5.17 Å². The lowest BCUT2D eigenvalue weighted by molar-refractivity contribution is -0.165. The fourth-order valence-electron chi connectivity index (χ4n) is 0.202. The standard InChI is InChI=1S/C2H8N6O3/c3-1(4)6-11-8(7-5)2(9)10/h7H,5H2,(H,9,10)(H4,3,4,6). The van der Waals surface area contributed by atoms with Crippen LogP contribution in [0.3, 0.4) is 0 Å². The molecule has 0 aromatic heterocycles. The van der Waals surface area contributed by atoms with Crippen molar-refractivity contribution in [3.8, 4) is 0 Å². The summed E-state index contributed by atoms with van der Waals surface area (Å²) in [4.78, 5) is 14.1. The number of hydroxylamine groups is 1.